The summed E-state index contributed by atoms with van der Waals surface area (Å²) in [5.74, 6) is -3.60. The Morgan fingerprint density at radius 2 is 1.93 bits per heavy atom. The molecule has 3 unspecified atom stereocenters. The summed E-state index contributed by atoms with van der Waals surface area (Å²) in [7, 11) is 0. The van der Waals surface area contributed by atoms with Gasteiger partial charge in [-0.25, -0.2) is 8.78 Å². The summed E-state index contributed by atoms with van der Waals surface area (Å²) >= 11 is 0. The minimum atomic E-state index is -0.927. The Morgan fingerprint density at radius 1 is 1.15 bits per heavy atom. The second kappa shape index (κ2) is 6.76. The number of ether oxygens (including phenoxy) is 1. The van der Waals surface area contributed by atoms with Crippen LogP contribution in [0.2, 0.25) is 0 Å². The van der Waals surface area contributed by atoms with Gasteiger partial charge in [-0.2, -0.15) is 0 Å². The summed E-state index contributed by atoms with van der Waals surface area (Å²) in [5, 5.41) is 0. The number of nitrogens with zero attached hydrogens (tertiary/aromatic N) is 1. The van der Waals surface area contributed by atoms with Crippen molar-refractivity contribution >= 4 is 17.6 Å². The van der Waals surface area contributed by atoms with Crippen molar-refractivity contribution in [2.45, 2.75) is 31.7 Å². The van der Waals surface area contributed by atoms with Crippen LogP contribution in [0.25, 0.3) is 0 Å². The average molecular weight is 371 g/mol. The van der Waals surface area contributed by atoms with Crippen LogP contribution < -0.4 is 4.90 Å². The number of amides is 1. The molecule has 0 spiro atoms. The lowest BCUT2D eigenvalue weighted by Gasteiger charge is -2.22. The van der Waals surface area contributed by atoms with E-state index in [1.54, 1.807) is 4.90 Å². The van der Waals surface area contributed by atoms with Crippen molar-refractivity contribution in [1.82, 2.24) is 0 Å². The second-order valence-electron chi connectivity index (χ2n) is 7.15. The molecule has 140 valence electrons. The number of fused-ring (bicyclic) bond motifs is 1. The molecule has 0 bridgehead atoms. The zero-order chi connectivity index (χ0) is 19.1. The molecule has 3 atom stereocenters. The number of carbonyl (C=O) groups is 2. The Labute approximate surface area is 155 Å². The molecule has 2 aliphatic rings. The molecule has 1 aliphatic carbocycles. The predicted octanol–water partition coefficient (Wildman–Crippen LogP) is 3.59. The predicted molar refractivity (Wildman–Crippen MR) is 95.3 cm³/mol. The van der Waals surface area contributed by atoms with E-state index in [-0.39, 0.29) is 24.1 Å². The van der Waals surface area contributed by atoms with Gasteiger partial charge < -0.3 is 9.64 Å². The summed E-state index contributed by atoms with van der Waals surface area (Å²) in [6, 6.07) is 11.6. The summed E-state index contributed by atoms with van der Waals surface area (Å²) < 4.78 is 32.4. The molecule has 1 saturated carbocycles. The highest BCUT2D eigenvalue weighted by Gasteiger charge is 2.47. The summed E-state index contributed by atoms with van der Waals surface area (Å²) in [6.07, 6.45) is 1.16. The molecule has 2 aromatic carbocycles. The molecule has 1 heterocycles. The molecule has 0 radical (unpaired) electrons. The normalized spacial score (nSPS) is 23.1. The smallest absolute Gasteiger partial charge is 0.310 e. The topological polar surface area (TPSA) is 46.6 Å². The quantitative estimate of drug-likeness (QED) is 0.772. The van der Waals surface area contributed by atoms with Crippen molar-refractivity contribution in [1.29, 1.82) is 0 Å². The highest BCUT2D eigenvalue weighted by Crippen LogP contribution is 2.49. The van der Waals surface area contributed by atoms with Crippen LogP contribution in [-0.2, 0) is 20.7 Å². The molecule has 4 nitrogen and oxygen atoms in total. The molecule has 6 heteroatoms. The zero-order valence-electron chi connectivity index (χ0n) is 14.8. The van der Waals surface area contributed by atoms with Gasteiger partial charge in [0.05, 0.1) is 5.92 Å². The van der Waals surface area contributed by atoms with Crippen LogP contribution in [-0.4, -0.2) is 24.5 Å². The zero-order valence-corrected chi connectivity index (χ0v) is 14.8. The molecule has 1 aliphatic heterocycles. The van der Waals surface area contributed by atoms with Crippen molar-refractivity contribution in [2.75, 3.05) is 11.5 Å². The van der Waals surface area contributed by atoms with E-state index in [1.165, 1.54) is 12.1 Å². The summed E-state index contributed by atoms with van der Waals surface area (Å²) in [4.78, 5) is 26.4. The maximum absolute atomic E-state index is 13.8. The number of hydrogen-bond acceptors (Lipinski definition) is 3. The number of benzene rings is 2. The van der Waals surface area contributed by atoms with Crippen LogP contribution in [0.4, 0.5) is 14.5 Å². The van der Waals surface area contributed by atoms with Gasteiger partial charge in [0, 0.05) is 17.6 Å². The van der Waals surface area contributed by atoms with Crippen LogP contribution >= 0.6 is 0 Å². The third kappa shape index (κ3) is 3.20. The monoisotopic (exact) mass is 371 g/mol. The molecular formula is C21H19F2NO3. The van der Waals surface area contributed by atoms with E-state index in [4.69, 9.17) is 4.74 Å². The fourth-order valence-electron chi connectivity index (χ4n) is 3.86. The Kier molecular flexibility index (Phi) is 4.42. The van der Waals surface area contributed by atoms with Crippen LogP contribution in [0.5, 0.6) is 0 Å². The molecule has 0 N–H and O–H groups in total. The Hall–Kier alpha value is -2.76. The average Bonchev–Trinajstić information content (AvgIpc) is 3.37. The van der Waals surface area contributed by atoms with Crippen LogP contribution in [0.15, 0.2) is 42.5 Å². The molecule has 4 rings (SSSR count). The minimum Gasteiger partial charge on any atom is -0.455 e. The highest BCUT2D eigenvalue weighted by atomic mass is 19.2. The fraction of sp³-hybridized carbons (Fsp3) is 0.333. The van der Waals surface area contributed by atoms with E-state index in [0.717, 1.165) is 23.7 Å². The Morgan fingerprint density at radius 3 is 2.74 bits per heavy atom. The molecule has 1 fully saturated rings. The first-order valence-electron chi connectivity index (χ1n) is 8.98. The molecule has 2 aromatic rings. The largest absolute Gasteiger partial charge is 0.455 e. The Bertz CT molecular complexity index is 914. The summed E-state index contributed by atoms with van der Waals surface area (Å²) in [6.45, 7) is 1.59. The lowest BCUT2D eigenvalue weighted by Crippen LogP contribution is -2.38. The van der Waals surface area contributed by atoms with Crippen molar-refractivity contribution in [2.24, 2.45) is 5.92 Å². The van der Waals surface area contributed by atoms with E-state index < -0.39 is 29.4 Å². The van der Waals surface area contributed by atoms with Gasteiger partial charge in [-0.15, -0.1) is 0 Å². The first kappa shape index (κ1) is 17.6. The maximum Gasteiger partial charge on any atom is 0.310 e. The number of anilines is 1. The number of hydrogen-bond donors (Lipinski definition) is 0. The first-order valence-corrected chi connectivity index (χ1v) is 8.98. The number of rotatable bonds is 4. The molecule has 0 saturated heterocycles. The molecule has 1 amide bonds. The van der Waals surface area contributed by atoms with Crippen LogP contribution in [0.1, 0.15) is 30.4 Å². The van der Waals surface area contributed by atoms with Gasteiger partial charge in [0.1, 0.15) is 0 Å². The molecule has 0 aromatic heterocycles. The molecular weight excluding hydrogens is 352 g/mol. The third-order valence-corrected chi connectivity index (χ3v) is 5.29. The van der Waals surface area contributed by atoms with Crippen molar-refractivity contribution < 1.29 is 23.1 Å². The highest BCUT2D eigenvalue weighted by molar-refractivity contribution is 5.98. The molecule has 27 heavy (non-hydrogen) atoms. The van der Waals surface area contributed by atoms with Crippen molar-refractivity contribution in [3.63, 3.8) is 0 Å². The number of carbonyl (C=O) groups excluding carboxylic acids is 2. The van der Waals surface area contributed by atoms with Gasteiger partial charge in [-0.1, -0.05) is 30.3 Å². The SMILES string of the molecule is CC1Cc2ccccc2N1C(=O)COC(=O)C1CC1c1cccc(F)c1F. The standard InChI is InChI=1S/C21H19F2NO3/c1-12-9-13-5-2-3-8-18(13)24(12)19(25)11-27-21(26)16-10-15(16)14-6-4-7-17(22)20(14)23/h2-8,12,15-16H,9-11H2,1H3. The number of esters is 1. The van der Waals surface area contributed by atoms with Crippen LogP contribution in [0.3, 0.4) is 0 Å². The van der Waals surface area contributed by atoms with Gasteiger partial charge in [-0.05, 0) is 43.0 Å². The first-order chi connectivity index (χ1) is 13.0. The van der Waals surface area contributed by atoms with Gasteiger partial charge >= 0.3 is 5.97 Å². The van der Waals surface area contributed by atoms with E-state index >= 15 is 0 Å². The fourth-order valence-corrected chi connectivity index (χ4v) is 3.86. The van der Waals surface area contributed by atoms with E-state index in [1.807, 2.05) is 31.2 Å². The van der Waals surface area contributed by atoms with E-state index in [0.29, 0.717) is 6.42 Å². The van der Waals surface area contributed by atoms with Gasteiger partial charge in [0.15, 0.2) is 18.2 Å². The maximum atomic E-state index is 13.8. The van der Waals surface area contributed by atoms with Gasteiger partial charge in [0.2, 0.25) is 0 Å². The lowest BCUT2D eigenvalue weighted by atomic mass is 10.1. The summed E-state index contributed by atoms with van der Waals surface area (Å²) in [5.41, 5.74) is 2.12. The number of para-hydroxylation sites is 1. The minimum absolute atomic E-state index is 0.00339. The van der Waals surface area contributed by atoms with Crippen molar-refractivity contribution in [3.8, 4) is 0 Å². The van der Waals surface area contributed by atoms with E-state index in [2.05, 4.69) is 0 Å². The van der Waals surface area contributed by atoms with E-state index in [9.17, 15) is 18.4 Å². The Balaban J connectivity index is 1.37. The number of halogens is 2. The third-order valence-electron chi connectivity index (χ3n) is 5.29. The van der Waals surface area contributed by atoms with Gasteiger partial charge in [0.25, 0.3) is 5.91 Å². The second-order valence-corrected chi connectivity index (χ2v) is 7.15. The van der Waals surface area contributed by atoms with Gasteiger partial charge in [-0.3, -0.25) is 9.59 Å². The van der Waals surface area contributed by atoms with Crippen LogP contribution in [0, 0.1) is 17.6 Å². The lowest BCUT2D eigenvalue weighted by molar-refractivity contribution is -0.149. The van der Waals surface area contributed by atoms with Crippen molar-refractivity contribution in [3.05, 3.63) is 65.2 Å².